The summed E-state index contributed by atoms with van der Waals surface area (Å²) < 4.78 is 5.08. The van der Waals surface area contributed by atoms with Crippen LogP contribution in [0.1, 0.15) is 6.92 Å². The molecular formula is C6H12O3. The Kier molecular flexibility index (Phi) is 2.05. The van der Waals surface area contributed by atoms with Crippen LogP contribution in [-0.2, 0) is 4.74 Å². The van der Waals surface area contributed by atoms with Crippen LogP contribution in [0.5, 0.6) is 0 Å². The average molecular weight is 132 g/mol. The number of aliphatic hydroxyl groups is 2. The smallest absolute Gasteiger partial charge is 0.0884 e. The Morgan fingerprint density at radius 3 is 2.22 bits per heavy atom. The van der Waals surface area contributed by atoms with Crippen molar-refractivity contribution in [2.24, 2.45) is 5.92 Å². The summed E-state index contributed by atoms with van der Waals surface area (Å²) in [7, 11) is 0. The Morgan fingerprint density at radius 2 is 2.00 bits per heavy atom. The molecule has 0 saturated carbocycles. The van der Waals surface area contributed by atoms with Crippen LogP contribution in [-0.4, -0.2) is 35.6 Å². The van der Waals surface area contributed by atoms with Crippen LogP contribution in [0.15, 0.2) is 0 Å². The molecule has 0 amide bonds. The zero-order valence-electron chi connectivity index (χ0n) is 5.45. The molecule has 1 heterocycles. The first kappa shape index (κ1) is 6.99. The summed E-state index contributed by atoms with van der Waals surface area (Å²) in [5, 5.41) is 17.2. The Bertz CT molecular complexity index is 94.3. The lowest BCUT2D eigenvalue weighted by atomic mass is 9.92. The zero-order chi connectivity index (χ0) is 6.85. The van der Waals surface area contributed by atoms with Gasteiger partial charge < -0.3 is 14.9 Å². The van der Waals surface area contributed by atoms with Crippen molar-refractivity contribution in [2.75, 3.05) is 13.2 Å². The van der Waals surface area contributed by atoms with Gasteiger partial charge in [-0.1, -0.05) is 0 Å². The van der Waals surface area contributed by atoms with E-state index in [1.54, 1.807) is 0 Å². The molecule has 0 aromatic rings. The second-order valence-corrected chi connectivity index (χ2v) is 2.41. The molecule has 9 heavy (non-hydrogen) atoms. The van der Waals surface area contributed by atoms with E-state index in [1.165, 1.54) is 0 Å². The van der Waals surface area contributed by atoms with E-state index in [0.29, 0.717) is 0 Å². The predicted molar refractivity (Wildman–Crippen MR) is 32.0 cm³/mol. The van der Waals surface area contributed by atoms with Crippen LogP contribution >= 0.6 is 0 Å². The van der Waals surface area contributed by atoms with Crippen molar-refractivity contribution in [3.63, 3.8) is 0 Å². The lowest BCUT2D eigenvalue weighted by molar-refractivity contribution is -0.200. The molecule has 3 nitrogen and oxygen atoms in total. The minimum absolute atomic E-state index is 0.0234. The number of hydrogen-bond donors (Lipinski definition) is 2. The largest absolute Gasteiger partial charge is 0.396 e. The summed E-state index contributed by atoms with van der Waals surface area (Å²) in [6, 6.07) is 0. The van der Waals surface area contributed by atoms with Crippen molar-refractivity contribution in [2.45, 2.75) is 19.1 Å². The van der Waals surface area contributed by atoms with E-state index >= 15 is 0 Å². The maximum atomic E-state index is 8.67. The topological polar surface area (TPSA) is 49.7 Å². The van der Waals surface area contributed by atoms with Gasteiger partial charge in [0.05, 0.1) is 25.4 Å². The summed E-state index contributed by atoms with van der Waals surface area (Å²) >= 11 is 0. The Balaban J connectivity index is 2.29. The molecule has 0 aromatic heterocycles. The number of hydrogen-bond acceptors (Lipinski definition) is 3. The van der Waals surface area contributed by atoms with Crippen molar-refractivity contribution in [3.8, 4) is 0 Å². The molecule has 0 aliphatic carbocycles. The quantitative estimate of drug-likeness (QED) is 0.526. The normalized spacial score (nSPS) is 42.3. The zero-order valence-corrected chi connectivity index (χ0v) is 5.45. The molecule has 1 aliphatic rings. The Hall–Kier alpha value is -0.120. The van der Waals surface area contributed by atoms with Crippen LogP contribution in [0.3, 0.4) is 0 Å². The standard InChI is InChI=1S/C6H12O3/c1-4-5(2-7)6(3-8)9-4/h4-8H,2-3H2,1H3/t4-,5?,6+/m0/s1. The number of ether oxygens (including phenoxy) is 1. The Labute approximate surface area is 54.3 Å². The molecule has 0 radical (unpaired) electrons. The van der Waals surface area contributed by atoms with Crippen molar-refractivity contribution in [1.29, 1.82) is 0 Å². The first-order valence-corrected chi connectivity index (χ1v) is 3.16. The molecule has 1 unspecified atom stereocenters. The highest BCUT2D eigenvalue weighted by Gasteiger charge is 2.37. The third-order valence-corrected chi connectivity index (χ3v) is 1.86. The van der Waals surface area contributed by atoms with Gasteiger partial charge in [0.25, 0.3) is 0 Å². The predicted octanol–water partition coefficient (Wildman–Crippen LogP) is -0.626. The van der Waals surface area contributed by atoms with Gasteiger partial charge in [0, 0.05) is 5.92 Å². The SMILES string of the molecule is C[C@@H]1O[C@H](CO)C1CO. The summed E-state index contributed by atoms with van der Waals surface area (Å²) in [6.07, 6.45) is -0.00264. The molecule has 0 aromatic carbocycles. The van der Waals surface area contributed by atoms with E-state index in [9.17, 15) is 0 Å². The summed E-state index contributed by atoms with van der Waals surface area (Å²) in [4.78, 5) is 0. The van der Waals surface area contributed by atoms with Gasteiger partial charge >= 0.3 is 0 Å². The van der Waals surface area contributed by atoms with Crippen LogP contribution in [0.4, 0.5) is 0 Å². The molecule has 1 rings (SSSR count). The van der Waals surface area contributed by atoms with Gasteiger partial charge in [-0.05, 0) is 6.92 Å². The van der Waals surface area contributed by atoms with Gasteiger partial charge in [-0.2, -0.15) is 0 Å². The minimum atomic E-state index is -0.120. The molecule has 0 bridgehead atoms. The van der Waals surface area contributed by atoms with Crippen LogP contribution < -0.4 is 0 Å². The van der Waals surface area contributed by atoms with E-state index < -0.39 is 0 Å². The highest BCUT2D eigenvalue weighted by Crippen LogP contribution is 2.26. The second-order valence-electron chi connectivity index (χ2n) is 2.41. The second kappa shape index (κ2) is 2.64. The van der Waals surface area contributed by atoms with Gasteiger partial charge in [-0.25, -0.2) is 0 Å². The van der Waals surface area contributed by atoms with Crippen molar-refractivity contribution >= 4 is 0 Å². The van der Waals surface area contributed by atoms with E-state index in [-0.39, 0.29) is 31.3 Å². The fourth-order valence-electron chi connectivity index (χ4n) is 1.13. The van der Waals surface area contributed by atoms with Gasteiger partial charge in [-0.15, -0.1) is 0 Å². The summed E-state index contributed by atoms with van der Waals surface area (Å²) in [5.41, 5.74) is 0. The highest BCUT2D eigenvalue weighted by atomic mass is 16.5. The summed E-state index contributed by atoms with van der Waals surface area (Å²) in [5.74, 6) is 0.148. The fraction of sp³-hybridized carbons (Fsp3) is 1.00. The molecule has 54 valence electrons. The van der Waals surface area contributed by atoms with Gasteiger partial charge in [-0.3, -0.25) is 0 Å². The van der Waals surface area contributed by atoms with Crippen LogP contribution in [0.25, 0.3) is 0 Å². The van der Waals surface area contributed by atoms with Gasteiger partial charge in [0.1, 0.15) is 0 Å². The van der Waals surface area contributed by atoms with Crippen molar-refractivity contribution in [3.05, 3.63) is 0 Å². The molecule has 2 N–H and O–H groups in total. The minimum Gasteiger partial charge on any atom is -0.396 e. The monoisotopic (exact) mass is 132 g/mol. The average Bonchev–Trinajstić information content (AvgIpc) is 1.83. The van der Waals surface area contributed by atoms with E-state index in [2.05, 4.69) is 0 Å². The molecule has 3 heteroatoms. The van der Waals surface area contributed by atoms with Crippen molar-refractivity contribution < 1.29 is 14.9 Å². The van der Waals surface area contributed by atoms with E-state index in [1.807, 2.05) is 6.92 Å². The molecular weight excluding hydrogens is 120 g/mol. The first-order chi connectivity index (χ1) is 4.29. The third-order valence-electron chi connectivity index (χ3n) is 1.86. The fourth-order valence-corrected chi connectivity index (χ4v) is 1.13. The highest BCUT2D eigenvalue weighted by molar-refractivity contribution is 4.84. The molecule has 1 saturated heterocycles. The van der Waals surface area contributed by atoms with Crippen molar-refractivity contribution in [1.82, 2.24) is 0 Å². The number of rotatable bonds is 2. The lowest BCUT2D eigenvalue weighted by Gasteiger charge is -2.41. The van der Waals surface area contributed by atoms with Gasteiger partial charge in [0.2, 0.25) is 0 Å². The molecule has 0 spiro atoms. The lowest BCUT2D eigenvalue weighted by Crippen LogP contribution is -2.50. The van der Waals surface area contributed by atoms with E-state index in [4.69, 9.17) is 14.9 Å². The van der Waals surface area contributed by atoms with Gasteiger partial charge in [0.15, 0.2) is 0 Å². The summed E-state index contributed by atoms with van der Waals surface area (Å²) in [6.45, 7) is 2.04. The maximum absolute atomic E-state index is 8.67. The number of aliphatic hydroxyl groups excluding tert-OH is 2. The van der Waals surface area contributed by atoms with Crippen LogP contribution in [0, 0.1) is 5.92 Å². The Morgan fingerprint density at radius 1 is 1.33 bits per heavy atom. The van der Waals surface area contributed by atoms with E-state index in [0.717, 1.165) is 0 Å². The first-order valence-electron chi connectivity index (χ1n) is 3.16. The van der Waals surface area contributed by atoms with Crippen LogP contribution in [0.2, 0.25) is 0 Å². The molecule has 1 aliphatic heterocycles. The molecule has 1 fully saturated rings. The maximum Gasteiger partial charge on any atom is 0.0884 e. The molecule has 3 atom stereocenters. The third kappa shape index (κ3) is 1.08.